The maximum Gasteiger partial charge on any atom is 0.327 e. The Labute approximate surface area is 106 Å². The van der Waals surface area contributed by atoms with E-state index in [1.165, 1.54) is 4.90 Å². The average molecular weight is 260 g/mol. The van der Waals surface area contributed by atoms with Crippen molar-refractivity contribution >= 4 is 23.6 Å². The van der Waals surface area contributed by atoms with E-state index in [0.29, 0.717) is 25.4 Å². The zero-order chi connectivity index (χ0) is 13.1. The van der Waals surface area contributed by atoms with Gasteiger partial charge in [0.05, 0.1) is 5.75 Å². The summed E-state index contributed by atoms with van der Waals surface area (Å²) in [5, 5.41) is 12.0. The van der Waals surface area contributed by atoms with Gasteiger partial charge in [-0.2, -0.15) is 0 Å². The zero-order valence-electron chi connectivity index (χ0n) is 10.5. The van der Waals surface area contributed by atoms with E-state index in [0.717, 1.165) is 0 Å². The number of piperazine rings is 1. The van der Waals surface area contributed by atoms with Crippen LogP contribution in [0, 0.1) is 0 Å². The average Bonchev–Trinajstić information content (AvgIpc) is 2.25. The third-order valence-electron chi connectivity index (χ3n) is 2.48. The largest absolute Gasteiger partial charge is 0.480 e. The second kappa shape index (κ2) is 5.73. The zero-order valence-corrected chi connectivity index (χ0v) is 11.3. The highest BCUT2D eigenvalue weighted by atomic mass is 32.2. The van der Waals surface area contributed by atoms with Crippen molar-refractivity contribution in [2.24, 2.45) is 0 Å². The number of aliphatic carboxylic acids is 1. The number of carbonyl (C=O) groups is 2. The van der Waals surface area contributed by atoms with Gasteiger partial charge in [0.15, 0.2) is 0 Å². The molecule has 0 spiro atoms. The van der Waals surface area contributed by atoms with E-state index >= 15 is 0 Å². The van der Waals surface area contributed by atoms with Crippen LogP contribution >= 0.6 is 11.8 Å². The molecular formula is C11H20N2O3S. The monoisotopic (exact) mass is 260 g/mol. The summed E-state index contributed by atoms with van der Waals surface area (Å²) in [4.78, 5) is 24.5. The minimum Gasteiger partial charge on any atom is -0.480 e. The molecule has 2 N–H and O–H groups in total. The van der Waals surface area contributed by atoms with Gasteiger partial charge in [-0.3, -0.25) is 4.79 Å². The summed E-state index contributed by atoms with van der Waals surface area (Å²) in [6, 6.07) is -0.725. The molecule has 0 aliphatic carbocycles. The molecule has 0 radical (unpaired) electrons. The Balaban J connectivity index is 2.56. The number of rotatable bonds is 3. The molecule has 1 aliphatic rings. The van der Waals surface area contributed by atoms with Crippen LogP contribution in [0.4, 0.5) is 0 Å². The van der Waals surface area contributed by atoms with Crippen molar-refractivity contribution in [3.63, 3.8) is 0 Å². The molecule has 98 valence electrons. The summed E-state index contributed by atoms with van der Waals surface area (Å²) in [6.07, 6.45) is 0. The summed E-state index contributed by atoms with van der Waals surface area (Å²) in [5.41, 5.74) is 0. The molecule has 1 rings (SSSR count). The molecule has 0 saturated carbocycles. The molecule has 0 aromatic heterocycles. The fraction of sp³-hybridized carbons (Fsp3) is 0.818. The standard InChI is InChI=1S/C11H20N2O3S/c1-11(2,3)17-7-9(14)13-5-4-12-6-8(13)10(15)16/h8,12H,4-7H2,1-3H3,(H,15,16). The first-order chi connectivity index (χ1) is 7.81. The van der Waals surface area contributed by atoms with Crippen LogP contribution in [0.15, 0.2) is 0 Å². The molecule has 1 unspecified atom stereocenters. The number of carboxylic acid groups (broad SMARTS) is 1. The molecule has 1 saturated heterocycles. The van der Waals surface area contributed by atoms with E-state index in [2.05, 4.69) is 5.32 Å². The quantitative estimate of drug-likeness (QED) is 0.769. The van der Waals surface area contributed by atoms with Crippen LogP contribution in [0.25, 0.3) is 0 Å². The molecule has 0 aromatic carbocycles. The van der Waals surface area contributed by atoms with E-state index in [9.17, 15) is 9.59 Å². The van der Waals surface area contributed by atoms with E-state index < -0.39 is 12.0 Å². The highest BCUT2D eigenvalue weighted by Gasteiger charge is 2.32. The first kappa shape index (κ1) is 14.3. The van der Waals surface area contributed by atoms with Gasteiger partial charge < -0.3 is 15.3 Å². The van der Waals surface area contributed by atoms with Crippen LogP contribution in [0.1, 0.15) is 20.8 Å². The van der Waals surface area contributed by atoms with Crippen LogP contribution in [0.2, 0.25) is 0 Å². The van der Waals surface area contributed by atoms with Crippen LogP contribution in [0.3, 0.4) is 0 Å². The number of amides is 1. The van der Waals surface area contributed by atoms with Gasteiger partial charge >= 0.3 is 5.97 Å². The fourth-order valence-electron chi connectivity index (χ4n) is 1.58. The SMILES string of the molecule is CC(C)(C)SCC(=O)N1CCNCC1C(=O)O. The Morgan fingerprint density at radius 3 is 2.65 bits per heavy atom. The van der Waals surface area contributed by atoms with Crippen LogP contribution < -0.4 is 5.32 Å². The van der Waals surface area contributed by atoms with Gasteiger partial charge in [0.2, 0.25) is 5.91 Å². The maximum absolute atomic E-state index is 12.0. The summed E-state index contributed by atoms with van der Waals surface area (Å²) in [7, 11) is 0. The second-order valence-corrected chi connectivity index (χ2v) is 6.85. The summed E-state index contributed by atoms with van der Waals surface area (Å²) < 4.78 is 0.0163. The Bertz CT molecular complexity index is 302. The molecule has 1 fully saturated rings. The van der Waals surface area contributed by atoms with Gasteiger partial charge in [0.25, 0.3) is 0 Å². The molecule has 1 heterocycles. The van der Waals surface area contributed by atoms with Crippen molar-refractivity contribution in [1.82, 2.24) is 10.2 Å². The maximum atomic E-state index is 12.0. The lowest BCUT2D eigenvalue weighted by Crippen LogP contribution is -2.57. The molecular weight excluding hydrogens is 240 g/mol. The molecule has 1 aliphatic heterocycles. The lowest BCUT2D eigenvalue weighted by molar-refractivity contribution is -0.150. The molecule has 1 atom stereocenters. The number of carbonyl (C=O) groups excluding carboxylic acids is 1. The highest BCUT2D eigenvalue weighted by Crippen LogP contribution is 2.23. The lowest BCUT2D eigenvalue weighted by atomic mass is 10.2. The van der Waals surface area contributed by atoms with Gasteiger partial charge in [0.1, 0.15) is 6.04 Å². The number of hydrogen-bond donors (Lipinski definition) is 2. The van der Waals surface area contributed by atoms with Crippen LogP contribution in [0.5, 0.6) is 0 Å². The third kappa shape index (κ3) is 4.55. The normalized spacial score (nSPS) is 21.4. The minimum atomic E-state index is -0.939. The van der Waals surface area contributed by atoms with Gasteiger partial charge in [-0.25, -0.2) is 4.79 Å². The number of hydrogen-bond acceptors (Lipinski definition) is 4. The topological polar surface area (TPSA) is 69.6 Å². The van der Waals surface area contributed by atoms with Crippen molar-refractivity contribution in [2.75, 3.05) is 25.4 Å². The first-order valence-corrected chi connectivity index (χ1v) is 6.67. The van der Waals surface area contributed by atoms with E-state index in [-0.39, 0.29) is 10.7 Å². The first-order valence-electron chi connectivity index (χ1n) is 5.68. The summed E-state index contributed by atoms with van der Waals surface area (Å²) in [5.74, 6) is -0.682. The van der Waals surface area contributed by atoms with Crippen molar-refractivity contribution in [3.05, 3.63) is 0 Å². The molecule has 5 nitrogen and oxygen atoms in total. The predicted octanol–water partition coefficient (Wildman–Crippen LogP) is 0.403. The predicted molar refractivity (Wildman–Crippen MR) is 68.2 cm³/mol. The number of nitrogens with one attached hydrogen (secondary N) is 1. The number of nitrogens with zero attached hydrogens (tertiary/aromatic N) is 1. The Morgan fingerprint density at radius 2 is 2.12 bits per heavy atom. The van der Waals surface area contributed by atoms with Crippen molar-refractivity contribution in [3.8, 4) is 0 Å². The Morgan fingerprint density at radius 1 is 1.47 bits per heavy atom. The van der Waals surface area contributed by atoms with Crippen molar-refractivity contribution in [2.45, 2.75) is 31.6 Å². The smallest absolute Gasteiger partial charge is 0.327 e. The fourth-order valence-corrected chi connectivity index (χ4v) is 2.31. The number of carboxylic acids is 1. The Hall–Kier alpha value is -0.750. The van der Waals surface area contributed by atoms with Crippen molar-refractivity contribution < 1.29 is 14.7 Å². The Kier molecular flexibility index (Phi) is 4.82. The molecule has 0 bridgehead atoms. The molecule has 1 amide bonds. The van der Waals surface area contributed by atoms with Crippen LogP contribution in [-0.4, -0.2) is 58.1 Å². The van der Waals surface area contributed by atoms with Gasteiger partial charge in [-0.15, -0.1) is 11.8 Å². The van der Waals surface area contributed by atoms with Gasteiger partial charge in [0, 0.05) is 24.4 Å². The highest BCUT2D eigenvalue weighted by molar-refractivity contribution is 8.01. The third-order valence-corrected chi connectivity index (χ3v) is 3.73. The van der Waals surface area contributed by atoms with Crippen LogP contribution in [-0.2, 0) is 9.59 Å². The van der Waals surface area contributed by atoms with E-state index in [4.69, 9.17) is 5.11 Å². The summed E-state index contributed by atoms with van der Waals surface area (Å²) >= 11 is 1.54. The molecule has 0 aromatic rings. The molecule has 17 heavy (non-hydrogen) atoms. The lowest BCUT2D eigenvalue weighted by Gasteiger charge is -2.34. The number of thioether (sulfide) groups is 1. The van der Waals surface area contributed by atoms with Crippen molar-refractivity contribution in [1.29, 1.82) is 0 Å². The summed E-state index contributed by atoms with van der Waals surface area (Å²) in [6.45, 7) is 7.59. The minimum absolute atomic E-state index is 0.0163. The second-order valence-electron chi connectivity index (χ2n) is 5.05. The van der Waals surface area contributed by atoms with E-state index in [1.807, 2.05) is 20.8 Å². The van der Waals surface area contributed by atoms with Gasteiger partial charge in [-0.1, -0.05) is 20.8 Å². The van der Waals surface area contributed by atoms with Gasteiger partial charge in [-0.05, 0) is 0 Å². The molecule has 6 heteroatoms. The van der Waals surface area contributed by atoms with E-state index in [1.54, 1.807) is 11.8 Å².